The number of hydrogen-bond acceptors (Lipinski definition) is 1. The third kappa shape index (κ3) is 4.32. The van der Waals surface area contributed by atoms with Crippen LogP contribution in [0.15, 0.2) is 18.2 Å². The molecule has 1 aromatic carbocycles. The summed E-state index contributed by atoms with van der Waals surface area (Å²) in [5.74, 6) is 2.31. The molecule has 1 aromatic rings. The Kier molecular flexibility index (Phi) is 5.14. The molecule has 2 N–H and O–H groups in total. The average Bonchev–Trinajstić information content (AvgIpc) is 2.36. The SMILES string of the molecule is Cc1cc(C)cc(CC2CC(C(C)(C)C)CCC2CN)c1. The van der Waals surface area contributed by atoms with Gasteiger partial charge in [0.1, 0.15) is 0 Å². The van der Waals surface area contributed by atoms with Crippen molar-refractivity contribution < 1.29 is 0 Å². The molecule has 0 bridgehead atoms. The Labute approximate surface area is 131 Å². The van der Waals surface area contributed by atoms with E-state index in [1.165, 1.54) is 42.4 Å². The van der Waals surface area contributed by atoms with Crippen LogP contribution in [0, 0.1) is 37.0 Å². The average molecular weight is 287 g/mol. The Morgan fingerprint density at radius 2 is 1.62 bits per heavy atom. The van der Waals surface area contributed by atoms with Crippen LogP contribution in [0.1, 0.15) is 56.7 Å². The van der Waals surface area contributed by atoms with Crippen LogP contribution in [-0.2, 0) is 6.42 Å². The molecule has 1 saturated carbocycles. The highest BCUT2D eigenvalue weighted by molar-refractivity contribution is 5.29. The van der Waals surface area contributed by atoms with Crippen molar-refractivity contribution in [3.05, 3.63) is 34.9 Å². The van der Waals surface area contributed by atoms with Gasteiger partial charge in [-0.2, -0.15) is 0 Å². The molecule has 1 aliphatic rings. The predicted octanol–water partition coefficient (Wildman–Crippen LogP) is 4.88. The van der Waals surface area contributed by atoms with Crippen molar-refractivity contribution >= 4 is 0 Å². The highest BCUT2D eigenvalue weighted by atomic mass is 14.6. The first-order valence-corrected chi connectivity index (χ1v) is 8.57. The maximum Gasteiger partial charge on any atom is -0.00461 e. The lowest BCUT2D eigenvalue weighted by molar-refractivity contribution is 0.101. The second-order valence-electron chi connectivity index (χ2n) is 8.33. The molecule has 1 aliphatic carbocycles. The van der Waals surface area contributed by atoms with Gasteiger partial charge in [-0.05, 0) is 74.8 Å². The first kappa shape index (κ1) is 16.5. The summed E-state index contributed by atoms with van der Waals surface area (Å²) < 4.78 is 0. The fourth-order valence-corrected chi connectivity index (χ4v) is 4.16. The molecule has 0 aliphatic heterocycles. The molecular formula is C20H33N. The minimum absolute atomic E-state index is 0.431. The lowest BCUT2D eigenvalue weighted by Gasteiger charge is -2.42. The summed E-state index contributed by atoms with van der Waals surface area (Å²) in [5, 5.41) is 0. The highest BCUT2D eigenvalue weighted by Crippen LogP contribution is 2.43. The summed E-state index contributed by atoms with van der Waals surface area (Å²) in [4.78, 5) is 0. The van der Waals surface area contributed by atoms with E-state index in [0.717, 1.165) is 18.4 Å². The van der Waals surface area contributed by atoms with Gasteiger partial charge in [0.15, 0.2) is 0 Å². The minimum Gasteiger partial charge on any atom is -0.330 e. The fraction of sp³-hybridized carbons (Fsp3) is 0.700. The van der Waals surface area contributed by atoms with Gasteiger partial charge in [0.2, 0.25) is 0 Å². The summed E-state index contributed by atoms with van der Waals surface area (Å²) in [6.07, 6.45) is 5.22. The number of hydrogen-bond donors (Lipinski definition) is 1. The first-order valence-electron chi connectivity index (χ1n) is 8.57. The number of benzene rings is 1. The zero-order valence-corrected chi connectivity index (χ0v) is 14.6. The van der Waals surface area contributed by atoms with Crippen LogP contribution < -0.4 is 5.73 Å². The van der Waals surface area contributed by atoms with E-state index in [-0.39, 0.29) is 0 Å². The van der Waals surface area contributed by atoms with E-state index in [1.54, 1.807) is 0 Å². The molecule has 0 radical (unpaired) electrons. The van der Waals surface area contributed by atoms with Gasteiger partial charge in [-0.15, -0.1) is 0 Å². The molecule has 0 heterocycles. The minimum atomic E-state index is 0.431. The van der Waals surface area contributed by atoms with E-state index in [0.29, 0.717) is 11.3 Å². The normalized spacial score (nSPS) is 26.9. The molecule has 3 atom stereocenters. The van der Waals surface area contributed by atoms with Gasteiger partial charge in [0.25, 0.3) is 0 Å². The zero-order valence-electron chi connectivity index (χ0n) is 14.6. The monoisotopic (exact) mass is 287 g/mol. The molecule has 118 valence electrons. The molecule has 21 heavy (non-hydrogen) atoms. The van der Waals surface area contributed by atoms with Crippen LogP contribution in [0.3, 0.4) is 0 Å². The van der Waals surface area contributed by atoms with Crippen LogP contribution in [0.4, 0.5) is 0 Å². The summed E-state index contributed by atoms with van der Waals surface area (Å²) in [6, 6.07) is 6.99. The van der Waals surface area contributed by atoms with Crippen molar-refractivity contribution in [3.8, 4) is 0 Å². The second kappa shape index (κ2) is 6.52. The smallest absolute Gasteiger partial charge is 0.00461 e. The fourth-order valence-electron chi connectivity index (χ4n) is 4.16. The van der Waals surface area contributed by atoms with Crippen LogP contribution in [0.2, 0.25) is 0 Å². The van der Waals surface area contributed by atoms with Gasteiger partial charge >= 0.3 is 0 Å². The Morgan fingerprint density at radius 3 is 2.14 bits per heavy atom. The largest absolute Gasteiger partial charge is 0.330 e. The first-order chi connectivity index (χ1) is 9.79. The lowest BCUT2D eigenvalue weighted by Crippen LogP contribution is -2.36. The molecule has 3 unspecified atom stereocenters. The van der Waals surface area contributed by atoms with Crippen LogP contribution in [-0.4, -0.2) is 6.54 Å². The van der Waals surface area contributed by atoms with Crippen molar-refractivity contribution in [3.63, 3.8) is 0 Å². The topological polar surface area (TPSA) is 26.0 Å². The van der Waals surface area contributed by atoms with Gasteiger partial charge in [-0.25, -0.2) is 0 Å². The Hall–Kier alpha value is -0.820. The van der Waals surface area contributed by atoms with E-state index in [4.69, 9.17) is 5.73 Å². The molecule has 1 fully saturated rings. The van der Waals surface area contributed by atoms with Crippen molar-refractivity contribution in [2.45, 2.75) is 60.3 Å². The zero-order chi connectivity index (χ0) is 15.6. The number of aryl methyl sites for hydroxylation is 2. The molecule has 1 nitrogen and oxygen atoms in total. The maximum absolute atomic E-state index is 6.06. The van der Waals surface area contributed by atoms with Crippen LogP contribution in [0.5, 0.6) is 0 Å². The van der Waals surface area contributed by atoms with Gasteiger partial charge in [-0.3, -0.25) is 0 Å². The summed E-state index contributed by atoms with van der Waals surface area (Å²) in [6.45, 7) is 12.5. The Balaban J connectivity index is 2.14. The Morgan fingerprint density at radius 1 is 1.00 bits per heavy atom. The molecule has 1 heteroatoms. The van der Waals surface area contributed by atoms with Crippen molar-refractivity contribution in [2.75, 3.05) is 6.54 Å². The maximum atomic E-state index is 6.06. The van der Waals surface area contributed by atoms with Gasteiger partial charge in [-0.1, -0.05) is 50.1 Å². The van der Waals surface area contributed by atoms with E-state index in [2.05, 4.69) is 52.8 Å². The summed E-state index contributed by atoms with van der Waals surface area (Å²) in [5.41, 5.74) is 10.8. The lowest BCUT2D eigenvalue weighted by atomic mass is 9.64. The molecule has 0 saturated heterocycles. The quantitative estimate of drug-likeness (QED) is 0.842. The van der Waals surface area contributed by atoms with Crippen LogP contribution >= 0.6 is 0 Å². The van der Waals surface area contributed by atoms with Crippen molar-refractivity contribution in [1.29, 1.82) is 0 Å². The van der Waals surface area contributed by atoms with E-state index in [9.17, 15) is 0 Å². The molecular weight excluding hydrogens is 254 g/mol. The third-order valence-corrected chi connectivity index (χ3v) is 5.45. The molecule has 0 amide bonds. The second-order valence-corrected chi connectivity index (χ2v) is 8.33. The van der Waals surface area contributed by atoms with E-state index < -0.39 is 0 Å². The number of nitrogens with two attached hydrogens (primary N) is 1. The molecule has 2 rings (SSSR count). The van der Waals surface area contributed by atoms with Gasteiger partial charge in [0.05, 0.1) is 0 Å². The highest BCUT2D eigenvalue weighted by Gasteiger charge is 2.35. The third-order valence-electron chi connectivity index (χ3n) is 5.45. The van der Waals surface area contributed by atoms with E-state index >= 15 is 0 Å². The summed E-state index contributed by atoms with van der Waals surface area (Å²) >= 11 is 0. The van der Waals surface area contributed by atoms with Gasteiger partial charge in [0, 0.05) is 0 Å². The predicted molar refractivity (Wildman–Crippen MR) is 92.5 cm³/mol. The number of rotatable bonds is 3. The molecule has 0 aromatic heterocycles. The molecule has 0 spiro atoms. The van der Waals surface area contributed by atoms with Crippen LogP contribution in [0.25, 0.3) is 0 Å². The van der Waals surface area contributed by atoms with Crippen molar-refractivity contribution in [2.24, 2.45) is 28.9 Å². The van der Waals surface area contributed by atoms with E-state index in [1.807, 2.05) is 0 Å². The van der Waals surface area contributed by atoms with Gasteiger partial charge < -0.3 is 5.73 Å². The Bertz CT molecular complexity index is 449. The van der Waals surface area contributed by atoms with Crippen molar-refractivity contribution in [1.82, 2.24) is 0 Å². The summed E-state index contributed by atoms with van der Waals surface area (Å²) in [7, 11) is 0. The standard InChI is InChI=1S/C20H33N/c1-14-8-15(2)10-16(9-14)11-18-12-19(20(3,4)5)7-6-17(18)13-21/h8-10,17-19H,6-7,11-13,21H2,1-5H3.